The van der Waals surface area contributed by atoms with Gasteiger partial charge in [0, 0.05) is 17.1 Å². The normalized spacial score (nSPS) is 12.7. The minimum absolute atomic E-state index is 0.441. The lowest BCUT2D eigenvalue weighted by Gasteiger charge is -2.03. The molecule has 0 fully saturated rings. The van der Waals surface area contributed by atoms with Crippen molar-refractivity contribution in [1.29, 1.82) is 0 Å². The van der Waals surface area contributed by atoms with Crippen LogP contribution in [0.25, 0.3) is 10.9 Å². The molecule has 0 saturated heterocycles. The van der Waals surface area contributed by atoms with Crippen molar-refractivity contribution in [1.82, 2.24) is 4.98 Å². The summed E-state index contributed by atoms with van der Waals surface area (Å²) in [6.07, 6.45) is 0.490. The molecule has 4 nitrogen and oxygen atoms in total. The number of esters is 1. The van der Waals surface area contributed by atoms with Gasteiger partial charge in [-0.05, 0) is 19.1 Å². The SMILES string of the molecule is C[C@@H](O)C(=O)Oc1c[nH]c2ccccc12. The van der Waals surface area contributed by atoms with Crippen molar-refractivity contribution in [3.05, 3.63) is 30.5 Å². The summed E-state index contributed by atoms with van der Waals surface area (Å²) < 4.78 is 5.01. The quantitative estimate of drug-likeness (QED) is 0.729. The summed E-state index contributed by atoms with van der Waals surface area (Å²) in [6.45, 7) is 1.37. The molecule has 78 valence electrons. The summed E-state index contributed by atoms with van der Waals surface area (Å²) >= 11 is 0. The minimum Gasteiger partial charge on any atom is -0.422 e. The molecule has 0 bridgehead atoms. The van der Waals surface area contributed by atoms with Gasteiger partial charge in [-0.25, -0.2) is 4.79 Å². The first-order valence-electron chi connectivity index (χ1n) is 4.64. The number of para-hydroxylation sites is 1. The zero-order chi connectivity index (χ0) is 10.8. The molecule has 0 radical (unpaired) electrons. The monoisotopic (exact) mass is 205 g/mol. The number of fused-ring (bicyclic) bond motifs is 1. The van der Waals surface area contributed by atoms with Gasteiger partial charge < -0.3 is 14.8 Å². The zero-order valence-electron chi connectivity index (χ0n) is 8.23. The summed E-state index contributed by atoms with van der Waals surface area (Å²) in [6, 6.07) is 7.47. The molecule has 2 rings (SSSR count). The molecule has 0 unspecified atom stereocenters. The fourth-order valence-corrected chi connectivity index (χ4v) is 1.32. The van der Waals surface area contributed by atoms with Crippen LogP contribution in [0.3, 0.4) is 0 Å². The van der Waals surface area contributed by atoms with Crippen molar-refractivity contribution in [2.45, 2.75) is 13.0 Å². The molecule has 1 aromatic heterocycles. The zero-order valence-corrected chi connectivity index (χ0v) is 8.23. The molecule has 1 aromatic carbocycles. The van der Waals surface area contributed by atoms with Crippen molar-refractivity contribution >= 4 is 16.9 Å². The molecule has 1 heterocycles. The Bertz CT molecular complexity index is 487. The maximum absolute atomic E-state index is 11.2. The first kappa shape index (κ1) is 9.73. The Morgan fingerprint density at radius 2 is 2.20 bits per heavy atom. The van der Waals surface area contributed by atoms with Crippen LogP contribution in [-0.4, -0.2) is 22.2 Å². The van der Waals surface area contributed by atoms with Crippen molar-refractivity contribution in [3.8, 4) is 5.75 Å². The third-order valence-electron chi connectivity index (χ3n) is 2.10. The van der Waals surface area contributed by atoms with E-state index in [1.165, 1.54) is 6.92 Å². The highest BCUT2D eigenvalue weighted by atomic mass is 16.5. The van der Waals surface area contributed by atoms with E-state index >= 15 is 0 Å². The van der Waals surface area contributed by atoms with E-state index in [0.717, 1.165) is 10.9 Å². The number of ether oxygens (including phenoxy) is 1. The Morgan fingerprint density at radius 1 is 1.47 bits per heavy atom. The van der Waals surface area contributed by atoms with Crippen LogP contribution >= 0.6 is 0 Å². The highest BCUT2D eigenvalue weighted by Gasteiger charge is 2.13. The van der Waals surface area contributed by atoms with Gasteiger partial charge in [-0.3, -0.25) is 0 Å². The molecule has 0 spiro atoms. The second-order valence-electron chi connectivity index (χ2n) is 3.30. The number of nitrogens with one attached hydrogen (secondary N) is 1. The lowest BCUT2D eigenvalue weighted by Crippen LogP contribution is -2.21. The van der Waals surface area contributed by atoms with Crippen molar-refractivity contribution in [2.24, 2.45) is 0 Å². The lowest BCUT2D eigenvalue weighted by molar-refractivity contribution is -0.142. The Balaban J connectivity index is 2.33. The fraction of sp³-hybridized carbons (Fsp3) is 0.182. The molecule has 0 aliphatic carbocycles. The lowest BCUT2D eigenvalue weighted by atomic mass is 10.2. The van der Waals surface area contributed by atoms with E-state index in [1.807, 2.05) is 24.3 Å². The number of aromatic nitrogens is 1. The summed E-state index contributed by atoms with van der Waals surface area (Å²) in [5, 5.41) is 9.83. The van der Waals surface area contributed by atoms with E-state index in [9.17, 15) is 4.79 Å². The number of aliphatic hydroxyl groups is 1. The largest absolute Gasteiger partial charge is 0.422 e. The van der Waals surface area contributed by atoms with Gasteiger partial charge >= 0.3 is 5.97 Å². The molecule has 0 aliphatic rings. The summed E-state index contributed by atoms with van der Waals surface area (Å²) in [5.74, 6) is -0.212. The first-order chi connectivity index (χ1) is 7.18. The Morgan fingerprint density at radius 3 is 2.93 bits per heavy atom. The average molecular weight is 205 g/mol. The van der Waals surface area contributed by atoms with Gasteiger partial charge in [0.05, 0.1) is 0 Å². The van der Waals surface area contributed by atoms with Crippen molar-refractivity contribution in [2.75, 3.05) is 0 Å². The van der Waals surface area contributed by atoms with Crippen LogP contribution in [0.5, 0.6) is 5.75 Å². The number of rotatable bonds is 2. The first-order valence-corrected chi connectivity index (χ1v) is 4.64. The van der Waals surface area contributed by atoms with Gasteiger partial charge in [0.2, 0.25) is 0 Å². The van der Waals surface area contributed by atoms with Gasteiger partial charge in [-0.15, -0.1) is 0 Å². The van der Waals surface area contributed by atoms with E-state index in [4.69, 9.17) is 9.84 Å². The van der Waals surface area contributed by atoms with E-state index in [1.54, 1.807) is 6.20 Å². The second-order valence-corrected chi connectivity index (χ2v) is 3.30. The van der Waals surface area contributed by atoms with Crippen LogP contribution in [0.4, 0.5) is 0 Å². The molecule has 0 saturated carbocycles. The summed E-state index contributed by atoms with van der Waals surface area (Å²) in [5.41, 5.74) is 0.894. The van der Waals surface area contributed by atoms with Crippen LogP contribution in [-0.2, 0) is 4.79 Å². The van der Waals surface area contributed by atoms with Crippen LogP contribution in [0.2, 0.25) is 0 Å². The van der Waals surface area contributed by atoms with E-state index < -0.39 is 12.1 Å². The minimum atomic E-state index is -1.11. The number of H-pyrrole nitrogens is 1. The fourth-order valence-electron chi connectivity index (χ4n) is 1.32. The topological polar surface area (TPSA) is 62.3 Å². The summed E-state index contributed by atoms with van der Waals surface area (Å²) in [4.78, 5) is 14.1. The number of hydrogen-bond donors (Lipinski definition) is 2. The number of carbonyl (C=O) groups excluding carboxylic acids is 1. The van der Waals surface area contributed by atoms with Gasteiger partial charge in [-0.1, -0.05) is 12.1 Å². The molecule has 2 aromatic rings. The maximum atomic E-state index is 11.2. The molecule has 0 amide bonds. The molecule has 1 atom stereocenters. The van der Waals surface area contributed by atoms with Crippen LogP contribution in [0.15, 0.2) is 30.5 Å². The van der Waals surface area contributed by atoms with Crippen LogP contribution in [0, 0.1) is 0 Å². The number of benzene rings is 1. The predicted octanol–water partition coefficient (Wildman–Crippen LogP) is 1.45. The predicted molar refractivity (Wildman–Crippen MR) is 55.6 cm³/mol. The van der Waals surface area contributed by atoms with Gasteiger partial charge in [0.25, 0.3) is 0 Å². The molecular formula is C11H11NO3. The van der Waals surface area contributed by atoms with Crippen molar-refractivity contribution in [3.63, 3.8) is 0 Å². The second kappa shape index (κ2) is 3.74. The van der Waals surface area contributed by atoms with Gasteiger partial charge in [0.15, 0.2) is 5.75 Å². The van der Waals surface area contributed by atoms with Crippen molar-refractivity contribution < 1.29 is 14.6 Å². The smallest absolute Gasteiger partial charge is 0.340 e. The van der Waals surface area contributed by atoms with E-state index in [0.29, 0.717) is 5.75 Å². The van der Waals surface area contributed by atoms with E-state index in [2.05, 4.69) is 4.98 Å². The highest BCUT2D eigenvalue weighted by molar-refractivity contribution is 5.89. The maximum Gasteiger partial charge on any atom is 0.340 e. The molecule has 15 heavy (non-hydrogen) atoms. The average Bonchev–Trinajstić information content (AvgIpc) is 2.62. The van der Waals surface area contributed by atoms with Gasteiger partial charge in [0.1, 0.15) is 6.10 Å². The highest BCUT2D eigenvalue weighted by Crippen LogP contribution is 2.24. The van der Waals surface area contributed by atoms with Crippen LogP contribution < -0.4 is 4.74 Å². The number of carbonyl (C=O) groups is 1. The molecular weight excluding hydrogens is 194 g/mol. The molecule has 2 N–H and O–H groups in total. The van der Waals surface area contributed by atoms with Gasteiger partial charge in [-0.2, -0.15) is 0 Å². The Hall–Kier alpha value is -1.81. The number of aliphatic hydroxyl groups excluding tert-OH is 1. The number of aromatic amines is 1. The third kappa shape index (κ3) is 1.85. The third-order valence-corrected chi connectivity index (χ3v) is 2.10. The number of hydrogen-bond acceptors (Lipinski definition) is 3. The standard InChI is InChI=1S/C11H11NO3/c1-7(13)11(14)15-10-6-12-9-5-3-2-4-8(9)10/h2-7,12-13H,1H3/t7-/m1/s1. The Labute approximate surface area is 86.5 Å². The van der Waals surface area contributed by atoms with E-state index in [-0.39, 0.29) is 0 Å². The van der Waals surface area contributed by atoms with Crippen LogP contribution in [0.1, 0.15) is 6.92 Å². The molecule has 4 heteroatoms. The Kier molecular flexibility index (Phi) is 2.43. The summed E-state index contributed by atoms with van der Waals surface area (Å²) in [7, 11) is 0. The molecule has 0 aliphatic heterocycles.